The summed E-state index contributed by atoms with van der Waals surface area (Å²) >= 11 is 0. The molecule has 0 radical (unpaired) electrons. The van der Waals surface area contributed by atoms with Crippen LogP contribution in [0.5, 0.6) is 0 Å². The lowest BCUT2D eigenvalue weighted by molar-refractivity contribution is 0.283. The summed E-state index contributed by atoms with van der Waals surface area (Å²) in [5, 5.41) is 8.93. The summed E-state index contributed by atoms with van der Waals surface area (Å²) < 4.78 is 0. The van der Waals surface area contributed by atoms with Crippen LogP contribution in [0.4, 0.5) is 0 Å². The first kappa shape index (κ1) is 11.5. The van der Waals surface area contributed by atoms with Gasteiger partial charge < -0.3 is 0 Å². The number of nitriles is 1. The van der Waals surface area contributed by atoms with Gasteiger partial charge in [-0.3, -0.25) is 0 Å². The Bertz CT molecular complexity index is 170. The third-order valence-electron chi connectivity index (χ3n) is 2.48. The molecule has 0 aliphatic heterocycles. The summed E-state index contributed by atoms with van der Waals surface area (Å²) in [5.41, 5.74) is 0.251. The Morgan fingerprint density at radius 2 is 1.58 bits per heavy atom. The third-order valence-corrected chi connectivity index (χ3v) is 2.48. The van der Waals surface area contributed by atoms with Crippen LogP contribution in [0.1, 0.15) is 53.9 Å². The lowest BCUT2D eigenvalue weighted by atomic mass is 9.78. The zero-order chi connectivity index (χ0) is 9.83. The standard InChI is InChI=1S/C11H21N/c1-6-11(5,9-12)8-7-10(2,3)4/h6-8H2,1-5H3. The molecule has 0 fully saturated rings. The molecule has 1 nitrogen and oxygen atoms in total. The van der Waals surface area contributed by atoms with E-state index in [9.17, 15) is 0 Å². The molecule has 0 aliphatic rings. The van der Waals surface area contributed by atoms with Crippen molar-refractivity contribution in [2.24, 2.45) is 10.8 Å². The van der Waals surface area contributed by atoms with E-state index in [1.165, 1.54) is 0 Å². The van der Waals surface area contributed by atoms with Crippen LogP contribution in [0.15, 0.2) is 0 Å². The van der Waals surface area contributed by atoms with Gasteiger partial charge >= 0.3 is 0 Å². The van der Waals surface area contributed by atoms with Crippen molar-refractivity contribution in [3.8, 4) is 6.07 Å². The van der Waals surface area contributed by atoms with Gasteiger partial charge in [0.05, 0.1) is 11.5 Å². The Balaban J connectivity index is 4.01. The molecule has 0 saturated carbocycles. The predicted octanol–water partition coefficient (Wildman–Crippen LogP) is 3.75. The van der Waals surface area contributed by atoms with Crippen LogP contribution >= 0.6 is 0 Å². The normalized spacial score (nSPS) is 16.7. The molecule has 0 N–H and O–H groups in total. The van der Waals surface area contributed by atoms with Gasteiger partial charge in [-0.25, -0.2) is 0 Å². The SMILES string of the molecule is CCC(C)(C#N)CCC(C)(C)C. The van der Waals surface area contributed by atoms with Crippen LogP contribution in [-0.4, -0.2) is 0 Å². The average molecular weight is 167 g/mol. The van der Waals surface area contributed by atoms with Crippen molar-refractivity contribution in [1.29, 1.82) is 5.26 Å². The minimum atomic E-state index is -0.104. The van der Waals surface area contributed by atoms with Crippen LogP contribution in [0.2, 0.25) is 0 Å². The second-order valence-corrected chi connectivity index (χ2v) is 5.09. The second-order valence-electron chi connectivity index (χ2n) is 5.09. The molecule has 70 valence electrons. The smallest absolute Gasteiger partial charge is 0.0686 e. The summed E-state index contributed by atoms with van der Waals surface area (Å²) in [6.07, 6.45) is 3.11. The minimum absolute atomic E-state index is 0.104. The molecule has 0 amide bonds. The fourth-order valence-electron chi connectivity index (χ4n) is 0.963. The maximum Gasteiger partial charge on any atom is 0.0686 e. The molecular weight excluding hydrogens is 146 g/mol. The molecule has 0 saturated heterocycles. The molecule has 12 heavy (non-hydrogen) atoms. The van der Waals surface area contributed by atoms with E-state index in [1.54, 1.807) is 0 Å². The first-order valence-corrected chi connectivity index (χ1v) is 4.74. The van der Waals surface area contributed by atoms with Gasteiger partial charge in [0, 0.05) is 0 Å². The van der Waals surface area contributed by atoms with Gasteiger partial charge in [-0.1, -0.05) is 27.7 Å². The Kier molecular flexibility index (Phi) is 3.77. The van der Waals surface area contributed by atoms with Crippen LogP contribution in [-0.2, 0) is 0 Å². The third kappa shape index (κ3) is 4.38. The molecule has 1 unspecified atom stereocenters. The lowest BCUT2D eigenvalue weighted by Crippen LogP contribution is -2.16. The minimum Gasteiger partial charge on any atom is -0.198 e. The zero-order valence-electron chi connectivity index (χ0n) is 9.07. The van der Waals surface area contributed by atoms with Crippen molar-refractivity contribution in [3.05, 3.63) is 0 Å². The first-order valence-electron chi connectivity index (χ1n) is 4.74. The molecule has 0 aromatic carbocycles. The monoisotopic (exact) mass is 167 g/mol. The lowest BCUT2D eigenvalue weighted by Gasteiger charge is -2.25. The summed E-state index contributed by atoms with van der Waals surface area (Å²) in [6.45, 7) is 10.8. The zero-order valence-corrected chi connectivity index (χ0v) is 9.07. The Morgan fingerprint density at radius 1 is 1.08 bits per heavy atom. The largest absolute Gasteiger partial charge is 0.198 e. The van der Waals surface area contributed by atoms with Crippen LogP contribution < -0.4 is 0 Å². The molecular formula is C11H21N. The van der Waals surface area contributed by atoms with E-state index in [4.69, 9.17) is 5.26 Å². The summed E-state index contributed by atoms with van der Waals surface area (Å²) in [4.78, 5) is 0. The van der Waals surface area contributed by atoms with Gasteiger partial charge in [-0.2, -0.15) is 5.26 Å². The molecule has 0 bridgehead atoms. The highest BCUT2D eigenvalue weighted by Crippen LogP contribution is 2.32. The fraction of sp³-hybridized carbons (Fsp3) is 0.909. The van der Waals surface area contributed by atoms with Gasteiger partial charge in [-0.05, 0) is 31.6 Å². The number of nitrogens with zero attached hydrogens (tertiary/aromatic N) is 1. The van der Waals surface area contributed by atoms with Crippen molar-refractivity contribution in [2.45, 2.75) is 53.9 Å². The van der Waals surface area contributed by atoms with E-state index in [0.717, 1.165) is 19.3 Å². The van der Waals surface area contributed by atoms with Crippen LogP contribution in [0.25, 0.3) is 0 Å². The summed E-state index contributed by atoms with van der Waals surface area (Å²) in [7, 11) is 0. The maximum absolute atomic E-state index is 8.93. The van der Waals surface area contributed by atoms with E-state index >= 15 is 0 Å². The van der Waals surface area contributed by atoms with Crippen molar-refractivity contribution < 1.29 is 0 Å². The Labute approximate surface area is 76.8 Å². The molecule has 0 rings (SSSR count). The van der Waals surface area contributed by atoms with Crippen molar-refractivity contribution in [1.82, 2.24) is 0 Å². The van der Waals surface area contributed by atoms with E-state index in [2.05, 4.69) is 40.7 Å². The van der Waals surface area contributed by atoms with Gasteiger partial charge in [0.25, 0.3) is 0 Å². The Morgan fingerprint density at radius 3 is 1.83 bits per heavy atom. The molecule has 0 aromatic rings. The highest BCUT2D eigenvalue weighted by Gasteiger charge is 2.23. The quantitative estimate of drug-likeness (QED) is 0.628. The Hall–Kier alpha value is -0.510. The molecule has 0 aromatic heterocycles. The van der Waals surface area contributed by atoms with E-state index in [0.29, 0.717) is 5.41 Å². The van der Waals surface area contributed by atoms with Gasteiger partial charge in [0.1, 0.15) is 0 Å². The predicted molar refractivity (Wildman–Crippen MR) is 52.7 cm³/mol. The molecule has 1 heteroatoms. The molecule has 0 spiro atoms. The van der Waals surface area contributed by atoms with E-state index in [1.807, 2.05) is 0 Å². The highest BCUT2D eigenvalue weighted by molar-refractivity contribution is 4.94. The molecule has 0 aliphatic carbocycles. The topological polar surface area (TPSA) is 23.8 Å². The summed E-state index contributed by atoms with van der Waals surface area (Å²) in [6, 6.07) is 2.40. The van der Waals surface area contributed by atoms with Crippen molar-refractivity contribution in [3.63, 3.8) is 0 Å². The van der Waals surface area contributed by atoms with Crippen molar-refractivity contribution in [2.75, 3.05) is 0 Å². The number of hydrogen-bond acceptors (Lipinski definition) is 1. The molecule has 0 heterocycles. The average Bonchev–Trinajstić information content (AvgIpc) is 1.99. The highest BCUT2D eigenvalue weighted by atomic mass is 14.3. The van der Waals surface area contributed by atoms with Gasteiger partial charge in [0.15, 0.2) is 0 Å². The first-order chi connectivity index (χ1) is 5.33. The van der Waals surface area contributed by atoms with E-state index in [-0.39, 0.29) is 5.41 Å². The summed E-state index contributed by atoms with van der Waals surface area (Å²) in [5.74, 6) is 0. The fourth-order valence-corrected chi connectivity index (χ4v) is 0.963. The van der Waals surface area contributed by atoms with E-state index < -0.39 is 0 Å². The van der Waals surface area contributed by atoms with Crippen LogP contribution in [0.3, 0.4) is 0 Å². The number of rotatable bonds is 3. The van der Waals surface area contributed by atoms with Gasteiger partial charge in [-0.15, -0.1) is 0 Å². The molecule has 1 atom stereocenters. The van der Waals surface area contributed by atoms with Crippen molar-refractivity contribution >= 4 is 0 Å². The second kappa shape index (κ2) is 3.94. The number of hydrogen-bond donors (Lipinski definition) is 0. The maximum atomic E-state index is 8.93. The van der Waals surface area contributed by atoms with Crippen LogP contribution in [0, 0.1) is 22.2 Å². The van der Waals surface area contributed by atoms with Gasteiger partial charge in [0.2, 0.25) is 0 Å².